The molecule has 0 bridgehead atoms. The van der Waals surface area contributed by atoms with Crippen molar-refractivity contribution in [1.29, 1.82) is 5.26 Å². The molecule has 0 spiro atoms. The lowest BCUT2D eigenvalue weighted by Gasteiger charge is -2.42. The third-order valence-electron chi connectivity index (χ3n) is 7.45. The average Bonchev–Trinajstić information content (AvgIpc) is 2.90. The van der Waals surface area contributed by atoms with E-state index in [0.29, 0.717) is 17.6 Å². The summed E-state index contributed by atoms with van der Waals surface area (Å²) in [6, 6.07) is 12.6. The van der Waals surface area contributed by atoms with Gasteiger partial charge < -0.3 is 25.2 Å². The van der Waals surface area contributed by atoms with Crippen LogP contribution in [0.1, 0.15) is 12.5 Å². The number of nitriles is 1. The highest BCUT2D eigenvalue weighted by molar-refractivity contribution is 5.95. The highest BCUT2D eigenvalue weighted by atomic mass is 16.5. The summed E-state index contributed by atoms with van der Waals surface area (Å²) in [6.07, 6.45) is 3.84. The number of nitrogens with one attached hydrogen (secondary N) is 2. The lowest BCUT2D eigenvalue weighted by atomic mass is 10.1. The van der Waals surface area contributed by atoms with E-state index >= 15 is 0 Å². The molecule has 1 aromatic carbocycles. The first-order valence-corrected chi connectivity index (χ1v) is 13.1. The van der Waals surface area contributed by atoms with Crippen LogP contribution in [-0.4, -0.2) is 97.0 Å². The fourth-order valence-electron chi connectivity index (χ4n) is 5.48. The predicted molar refractivity (Wildman–Crippen MR) is 144 cm³/mol. The molecule has 2 atom stereocenters. The van der Waals surface area contributed by atoms with Crippen molar-refractivity contribution in [3.8, 4) is 6.07 Å². The van der Waals surface area contributed by atoms with Gasteiger partial charge in [-0.2, -0.15) is 10.2 Å². The van der Waals surface area contributed by atoms with E-state index in [1.165, 1.54) is 0 Å². The number of aromatic nitrogens is 3. The highest BCUT2D eigenvalue weighted by Crippen LogP contribution is 2.30. The molecule has 6 rings (SSSR count). The van der Waals surface area contributed by atoms with Gasteiger partial charge in [-0.25, -0.2) is 4.98 Å². The number of nitrogens with zero attached hydrogens (tertiary/aromatic N) is 7. The molecule has 3 aromatic rings. The second kappa shape index (κ2) is 10.5. The molecule has 0 aliphatic carbocycles. The first-order valence-electron chi connectivity index (χ1n) is 13.1. The monoisotopic (exact) mass is 499 g/mol. The Kier molecular flexibility index (Phi) is 6.74. The molecule has 0 unspecified atom stereocenters. The van der Waals surface area contributed by atoms with Crippen LogP contribution in [0.2, 0.25) is 0 Å². The molecular weight excluding hydrogens is 466 g/mol. The van der Waals surface area contributed by atoms with Gasteiger partial charge in [-0.1, -0.05) is 0 Å². The van der Waals surface area contributed by atoms with Crippen molar-refractivity contribution in [2.75, 3.05) is 74.0 Å². The van der Waals surface area contributed by atoms with Gasteiger partial charge in [0.25, 0.3) is 0 Å². The van der Waals surface area contributed by atoms with Crippen molar-refractivity contribution in [1.82, 2.24) is 25.2 Å². The van der Waals surface area contributed by atoms with Crippen LogP contribution in [0, 0.1) is 11.3 Å². The van der Waals surface area contributed by atoms with Crippen molar-refractivity contribution < 1.29 is 4.74 Å². The number of pyridine rings is 1. The number of morpholine rings is 1. The fraction of sp³-hybridized carbons (Fsp3) is 0.481. The topological polar surface area (TPSA) is 105 Å². The van der Waals surface area contributed by atoms with E-state index in [1.54, 1.807) is 6.20 Å². The number of hydrogen-bond acceptors (Lipinski definition) is 10. The number of hydrogen-bond donors (Lipinski definition) is 2. The van der Waals surface area contributed by atoms with Gasteiger partial charge in [-0.15, -0.1) is 0 Å². The van der Waals surface area contributed by atoms with Crippen LogP contribution in [-0.2, 0) is 4.74 Å². The van der Waals surface area contributed by atoms with Crippen LogP contribution in [0.3, 0.4) is 0 Å². The van der Waals surface area contributed by atoms with E-state index in [1.807, 2.05) is 24.4 Å². The summed E-state index contributed by atoms with van der Waals surface area (Å²) in [5, 5.41) is 17.2. The summed E-state index contributed by atoms with van der Waals surface area (Å²) in [4.78, 5) is 20.9. The van der Waals surface area contributed by atoms with Crippen LogP contribution >= 0.6 is 0 Å². The minimum atomic E-state index is 0.114. The minimum Gasteiger partial charge on any atom is -0.370 e. The maximum atomic E-state index is 9.51. The van der Waals surface area contributed by atoms with E-state index in [0.717, 1.165) is 81.3 Å². The molecule has 3 fully saturated rings. The van der Waals surface area contributed by atoms with Gasteiger partial charge in [0.2, 0.25) is 5.95 Å². The van der Waals surface area contributed by atoms with E-state index < -0.39 is 0 Å². The van der Waals surface area contributed by atoms with Crippen LogP contribution in [0.25, 0.3) is 10.9 Å². The molecule has 0 radical (unpaired) electrons. The van der Waals surface area contributed by atoms with Crippen molar-refractivity contribution in [2.45, 2.75) is 25.2 Å². The van der Waals surface area contributed by atoms with Gasteiger partial charge in [0.05, 0.1) is 29.3 Å². The highest BCUT2D eigenvalue weighted by Gasteiger charge is 2.29. The number of fused-ring (bicyclic) bond motifs is 1. The van der Waals surface area contributed by atoms with Crippen LogP contribution in [0.15, 0.2) is 42.7 Å². The van der Waals surface area contributed by atoms with E-state index in [-0.39, 0.29) is 12.2 Å². The van der Waals surface area contributed by atoms with Crippen LogP contribution in [0.4, 0.5) is 17.5 Å². The Morgan fingerprint density at radius 1 is 1.05 bits per heavy atom. The molecule has 3 aliphatic rings. The first kappa shape index (κ1) is 23.9. The predicted octanol–water partition coefficient (Wildman–Crippen LogP) is 1.70. The maximum absolute atomic E-state index is 9.51. The zero-order valence-corrected chi connectivity index (χ0v) is 21.2. The molecule has 3 saturated heterocycles. The second-order valence-electron chi connectivity index (χ2n) is 10.1. The SMILES string of the molecule is C[C@@H]1CN(c2ccc(C#N)c3ncccc23)C[C@H](CN2CCN(c3ccnc(NC4CNC4)n3)CC2)O1. The Balaban J connectivity index is 1.08. The number of anilines is 3. The molecule has 2 N–H and O–H groups in total. The zero-order valence-electron chi connectivity index (χ0n) is 21.2. The van der Waals surface area contributed by atoms with E-state index in [4.69, 9.17) is 9.72 Å². The summed E-state index contributed by atoms with van der Waals surface area (Å²) in [7, 11) is 0. The Morgan fingerprint density at radius 2 is 1.92 bits per heavy atom. The Morgan fingerprint density at radius 3 is 2.70 bits per heavy atom. The molecule has 10 heteroatoms. The van der Waals surface area contributed by atoms with Gasteiger partial charge >= 0.3 is 0 Å². The smallest absolute Gasteiger partial charge is 0.224 e. The van der Waals surface area contributed by atoms with Crippen molar-refractivity contribution in [2.24, 2.45) is 0 Å². The van der Waals surface area contributed by atoms with E-state index in [9.17, 15) is 5.26 Å². The Labute approximate surface area is 217 Å². The van der Waals surface area contributed by atoms with Crippen molar-refractivity contribution in [3.63, 3.8) is 0 Å². The number of rotatable bonds is 6. The van der Waals surface area contributed by atoms with E-state index in [2.05, 4.69) is 60.4 Å². The average molecular weight is 500 g/mol. The lowest BCUT2D eigenvalue weighted by molar-refractivity contribution is -0.0327. The summed E-state index contributed by atoms with van der Waals surface area (Å²) in [5.41, 5.74) is 2.50. The van der Waals surface area contributed by atoms with Crippen molar-refractivity contribution >= 4 is 28.4 Å². The third kappa shape index (κ3) is 5.16. The summed E-state index contributed by atoms with van der Waals surface area (Å²) in [6.45, 7) is 10.4. The largest absolute Gasteiger partial charge is 0.370 e. The lowest BCUT2D eigenvalue weighted by Crippen LogP contribution is -2.54. The van der Waals surface area contributed by atoms with Crippen LogP contribution < -0.4 is 20.4 Å². The zero-order chi connectivity index (χ0) is 25.2. The molecule has 192 valence electrons. The summed E-state index contributed by atoms with van der Waals surface area (Å²) < 4.78 is 6.38. The molecule has 0 saturated carbocycles. The normalized spacial score (nSPS) is 23.0. The second-order valence-corrected chi connectivity index (χ2v) is 10.1. The quantitative estimate of drug-likeness (QED) is 0.521. The maximum Gasteiger partial charge on any atom is 0.224 e. The molecular formula is C27H33N9O. The fourth-order valence-corrected chi connectivity index (χ4v) is 5.48. The molecule has 37 heavy (non-hydrogen) atoms. The molecule has 5 heterocycles. The number of piperazine rings is 1. The third-order valence-corrected chi connectivity index (χ3v) is 7.45. The summed E-state index contributed by atoms with van der Waals surface area (Å²) >= 11 is 0. The summed E-state index contributed by atoms with van der Waals surface area (Å²) in [5.74, 6) is 1.70. The standard InChI is InChI=1S/C27H33N9O/c1-19-16-36(24-5-4-20(13-28)26-23(24)3-2-7-30-26)18-22(37-19)17-34-9-11-35(12-10-34)25-6-8-31-27(33-25)32-21-14-29-15-21/h2-8,19,21-22,29H,9-12,14-18H2,1H3,(H,31,32,33)/t19-,22+/m1/s1. The Hall–Kier alpha value is -3.52. The number of benzene rings is 1. The molecule has 0 amide bonds. The minimum absolute atomic E-state index is 0.114. The Bertz CT molecular complexity index is 1280. The first-order chi connectivity index (χ1) is 18.2. The van der Waals surface area contributed by atoms with Crippen molar-refractivity contribution in [3.05, 3.63) is 48.3 Å². The van der Waals surface area contributed by atoms with Gasteiger partial charge in [0.15, 0.2) is 0 Å². The van der Waals surface area contributed by atoms with Gasteiger partial charge in [0, 0.05) is 82.4 Å². The molecule has 3 aliphatic heterocycles. The molecule has 10 nitrogen and oxygen atoms in total. The van der Waals surface area contributed by atoms with Gasteiger partial charge in [-0.3, -0.25) is 9.88 Å². The number of ether oxygens (including phenoxy) is 1. The molecule has 2 aromatic heterocycles. The van der Waals surface area contributed by atoms with Gasteiger partial charge in [-0.05, 0) is 37.3 Å². The van der Waals surface area contributed by atoms with Gasteiger partial charge in [0.1, 0.15) is 11.9 Å². The van der Waals surface area contributed by atoms with Crippen LogP contribution in [0.5, 0.6) is 0 Å².